The number of hydrogen-bond donors (Lipinski definition) is 2. The van der Waals surface area contributed by atoms with E-state index in [1.165, 1.54) is 0 Å². The van der Waals surface area contributed by atoms with Crippen LogP contribution in [0.1, 0.15) is 15.9 Å². The average molecular weight is 439 g/mol. The Morgan fingerprint density at radius 3 is 2.30 bits per heavy atom. The minimum Gasteiger partial charge on any atom is -0.493 e. The van der Waals surface area contributed by atoms with Gasteiger partial charge in [-0.2, -0.15) is 8.42 Å². The summed E-state index contributed by atoms with van der Waals surface area (Å²) in [5.74, 6) is 1.23. The van der Waals surface area contributed by atoms with Crippen molar-refractivity contribution in [1.82, 2.24) is 9.88 Å². The number of hydrogen-bond acceptors (Lipinski definition) is 7. The van der Waals surface area contributed by atoms with Crippen molar-refractivity contribution in [2.24, 2.45) is 0 Å². The minimum absolute atomic E-state index is 0.0619. The lowest BCUT2D eigenvalue weighted by Gasteiger charge is -2.38. The monoisotopic (exact) mass is 439 g/mol. The van der Waals surface area contributed by atoms with Gasteiger partial charge in [0.15, 0.2) is 11.5 Å². The summed E-state index contributed by atoms with van der Waals surface area (Å²) < 4.78 is 42.4. The van der Waals surface area contributed by atoms with Crippen molar-refractivity contribution in [2.75, 3.05) is 39.8 Å². The summed E-state index contributed by atoms with van der Waals surface area (Å²) in [6.07, 6.45) is 4.11. The van der Waals surface area contributed by atoms with Crippen LogP contribution in [0.15, 0.2) is 36.7 Å². The lowest BCUT2D eigenvalue weighted by atomic mass is 9.95. The van der Waals surface area contributed by atoms with Crippen LogP contribution < -0.4 is 14.4 Å². The van der Waals surface area contributed by atoms with Crippen LogP contribution in [0.2, 0.25) is 0 Å². The molecule has 2 heterocycles. The van der Waals surface area contributed by atoms with Crippen LogP contribution in [0.3, 0.4) is 0 Å². The summed E-state index contributed by atoms with van der Waals surface area (Å²) in [7, 11) is 2.62. The smallest absolute Gasteiger partial charge is 0.394 e. The van der Waals surface area contributed by atoms with Crippen LogP contribution >= 0.6 is 0 Å². The zero-order valence-corrected chi connectivity index (χ0v) is 18.0. The number of benzene rings is 1. The Hall–Kier alpha value is -2.73. The molecule has 1 aromatic heterocycles. The Morgan fingerprint density at radius 2 is 1.80 bits per heavy atom. The van der Waals surface area contributed by atoms with Crippen LogP contribution in [0.25, 0.3) is 0 Å². The van der Waals surface area contributed by atoms with E-state index >= 15 is 0 Å². The first kappa shape index (κ1) is 23.5. The van der Waals surface area contributed by atoms with E-state index < -0.39 is 10.4 Å². The van der Waals surface area contributed by atoms with Gasteiger partial charge in [-0.05, 0) is 44.3 Å². The molecule has 10 nitrogen and oxygen atoms in total. The highest BCUT2D eigenvalue weighted by atomic mass is 32.3. The number of aromatic nitrogens is 1. The molecule has 1 aromatic carbocycles. The summed E-state index contributed by atoms with van der Waals surface area (Å²) >= 11 is 0. The first-order valence-electron chi connectivity index (χ1n) is 8.88. The fraction of sp³-hybridized carbons (Fsp3) is 0.368. The second-order valence-electron chi connectivity index (χ2n) is 6.76. The van der Waals surface area contributed by atoms with E-state index in [0.29, 0.717) is 23.6 Å². The van der Waals surface area contributed by atoms with Gasteiger partial charge in [0.05, 0.1) is 25.5 Å². The minimum atomic E-state index is -4.67. The average Bonchev–Trinajstić information content (AvgIpc) is 2.70. The van der Waals surface area contributed by atoms with Gasteiger partial charge in [0.25, 0.3) is 5.91 Å². The fourth-order valence-electron chi connectivity index (χ4n) is 3.14. The summed E-state index contributed by atoms with van der Waals surface area (Å²) in [6.45, 7) is 0.614. The number of likely N-dealkylation sites (N-methyl/N-ethyl adjacent to an activating group) is 1. The van der Waals surface area contributed by atoms with Crippen molar-refractivity contribution in [3.63, 3.8) is 0 Å². The fourth-order valence-corrected chi connectivity index (χ4v) is 3.14. The number of amides is 1. The van der Waals surface area contributed by atoms with Gasteiger partial charge in [0, 0.05) is 31.0 Å². The van der Waals surface area contributed by atoms with Gasteiger partial charge in [-0.15, -0.1) is 0 Å². The van der Waals surface area contributed by atoms with E-state index in [-0.39, 0.29) is 11.9 Å². The van der Waals surface area contributed by atoms with Crippen LogP contribution in [0.5, 0.6) is 11.5 Å². The maximum Gasteiger partial charge on any atom is 0.394 e. The number of carbonyl (C=O) groups excluding carboxylic acids is 1. The molecule has 1 amide bonds. The zero-order chi connectivity index (χ0) is 22.5. The van der Waals surface area contributed by atoms with Crippen molar-refractivity contribution in [3.8, 4) is 11.5 Å². The molecule has 1 aliphatic rings. The number of fused-ring (bicyclic) bond motifs is 1. The van der Waals surface area contributed by atoms with E-state index in [1.54, 1.807) is 38.7 Å². The lowest BCUT2D eigenvalue weighted by Crippen LogP contribution is -2.48. The molecule has 3 rings (SSSR count). The predicted octanol–water partition coefficient (Wildman–Crippen LogP) is 1.58. The van der Waals surface area contributed by atoms with Gasteiger partial charge in [0.1, 0.15) is 0 Å². The van der Waals surface area contributed by atoms with Crippen molar-refractivity contribution < 1.29 is 31.8 Å². The first-order valence-corrected chi connectivity index (χ1v) is 10.3. The normalized spacial score (nSPS) is 15.7. The van der Waals surface area contributed by atoms with Gasteiger partial charge in [-0.25, -0.2) is 0 Å². The Bertz CT molecular complexity index is 973. The Kier molecular flexibility index (Phi) is 7.73. The van der Waals surface area contributed by atoms with Crippen molar-refractivity contribution in [2.45, 2.75) is 12.5 Å². The molecule has 11 heteroatoms. The highest BCUT2D eigenvalue weighted by Gasteiger charge is 2.31. The van der Waals surface area contributed by atoms with E-state index in [4.69, 9.17) is 27.0 Å². The molecular weight excluding hydrogens is 414 g/mol. The number of anilines is 1. The standard InChI is InChI=1S/C19H23N3O3.H2O4S/c1-21(2)15-8-14-9-17(24-3)18(25-4)10-16(14)22(12-15)19(23)13-6-5-7-20-11-13;1-5(2,3)4/h5-7,9-11,15H,8,12H2,1-4H3;(H2,1,2,3,4). The molecule has 0 fully saturated rings. The van der Waals surface area contributed by atoms with E-state index in [1.807, 2.05) is 31.1 Å². The van der Waals surface area contributed by atoms with Gasteiger partial charge >= 0.3 is 10.4 Å². The van der Waals surface area contributed by atoms with Gasteiger partial charge < -0.3 is 19.3 Å². The molecule has 0 radical (unpaired) electrons. The number of ether oxygens (including phenoxy) is 2. The second kappa shape index (κ2) is 9.85. The zero-order valence-electron chi connectivity index (χ0n) is 17.1. The third-order valence-electron chi connectivity index (χ3n) is 4.61. The van der Waals surface area contributed by atoms with Crippen LogP contribution in [0.4, 0.5) is 5.69 Å². The molecule has 1 atom stereocenters. The molecule has 0 saturated carbocycles. The summed E-state index contributed by atoms with van der Waals surface area (Å²) in [4.78, 5) is 21.1. The molecule has 164 valence electrons. The highest BCUT2D eigenvalue weighted by Crippen LogP contribution is 2.39. The SMILES string of the molecule is COc1cc2c(cc1OC)N(C(=O)c1cccnc1)CC(N(C)C)C2.O=S(=O)(O)O. The van der Waals surface area contributed by atoms with Crippen LogP contribution in [0, 0.1) is 0 Å². The molecule has 0 bridgehead atoms. The Morgan fingerprint density at radius 1 is 1.20 bits per heavy atom. The van der Waals surface area contributed by atoms with E-state index in [0.717, 1.165) is 17.7 Å². The highest BCUT2D eigenvalue weighted by molar-refractivity contribution is 7.79. The maximum absolute atomic E-state index is 13.1. The third kappa shape index (κ3) is 6.13. The summed E-state index contributed by atoms with van der Waals surface area (Å²) in [5.41, 5.74) is 2.51. The number of pyridine rings is 1. The van der Waals surface area contributed by atoms with Gasteiger partial charge in [-0.1, -0.05) is 0 Å². The van der Waals surface area contributed by atoms with Crippen molar-refractivity contribution in [3.05, 3.63) is 47.8 Å². The Balaban J connectivity index is 0.000000575. The van der Waals surface area contributed by atoms with Crippen molar-refractivity contribution in [1.29, 1.82) is 0 Å². The molecule has 1 aliphatic heterocycles. The molecule has 1 unspecified atom stereocenters. The van der Waals surface area contributed by atoms with Crippen LogP contribution in [-0.2, 0) is 16.8 Å². The largest absolute Gasteiger partial charge is 0.493 e. The number of carbonyl (C=O) groups is 1. The van der Waals surface area contributed by atoms with Gasteiger partial charge in [-0.3, -0.25) is 18.9 Å². The molecule has 2 aromatic rings. The third-order valence-corrected chi connectivity index (χ3v) is 4.61. The molecule has 2 N–H and O–H groups in total. The second-order valence-corrected chi connectivity index (χ2v) is 7.66. The number of methoxy groups -OCH3 is 2. The summed E-state index contributed by atoms with van der Waals surface area (Å²) in [6, 6.07) is 7.64. The lowest BCUT2D eigenvalue weighted by molar-refractivity contribution is 0.0975. The molecule has 30 heavy (non-hydrogen) atoms. The van der Waals surface area contributed by atoms with Crippen molar-refractivity contribution >= 4 is 22.0 Å². The number of rotatable bonds is 4. The maximum atomic E-state index is 13.1. The molecule has 0 spiro atoms. The van der Waals surface area contributed by atoms with E-state index in [2.05, 4.69) is 9.88 Å². The van der Waals surface area contributed by atoms with Gasteiger partial charge in [0.2, 0.25) is 0 Å². The predicted molar refractivity (Wildman–Crippen MR) is 111 cm³/mol. The van der Waals surface area contributed by atoms with Crippen LogP contribution in [-0.4, -0.2) is 74.2 Å². The quantitative estimate of drug-likeness (QED) is 0.682. The first-order chi connectivity index (χ1) is 14.0. The molecular formula is C19H25N3O7S. The molecule has 0 saturated heterocycles. The van der Waals surface area contributed by atoms with E-state index in [9.17, 15) is 4.79 Å². The summed E-state index contributed by atoms with van der Waals surface area (Å²) in [5, 5.41) is 0. The molecule has 0 aliphatic carbocycles. The Labute approximate surface area is 175 Å². The topological polar surface area (TPSA) is 130 Å². The number of nitrogens with zero attached hydrogens (tertiary/aromatic N) is 3.